The Morgan fingerprint density at radius 1 is 1.16 bits per heavy atom. The lowest BCUT2D eigenvalue weighted by molar-refractivity contribution is -0.114. The summed E-state index contributed by atoms with van der Waals surface area (Å²) in [7, 11) is -3.24. The molecule has 0 saturated carbocycles. The number of hydrogen-bond acceptors (Lipinski definition) is 3. The average molecular weight is 304 g/mol. The van der Waals surface area contributed by atoms with Gasteiger partial charge in [0.2, 0.25) is 5.91 Å². The Morgan fingerprint density at radius 3 is 2.32 bits per heavy atom. The third-order valence-corrected chi connectivity index (χ3v) is 4.66. The molecule has 1 aromatic carbocycles. The molecule has 1 aromatic rings. The number of carbonyl (C=O) groups excluding carboxylic acids is 1. The number of benzene rings is 1. The van der Waals surface area contributed by atoms with Crippen molar-refractivity contribution in [2.75, 3.05) is 16.9 Å². The number of rotatable bonds is 7. The Bertz CT molecular complexity index is 511. The van der Waals surface area contributed by atoms with E-state index in [0.29, 0.717) is 18.0 Å². The van der Waals surface area contributed by atoms with Gasteiger partial charge >= 0.3 is 0 Å². The topological polar surface area (TPSA) is 63.2 Å². The van der Waals surface area contributed by atoms with Crippen LogP contribution < -0.4 is 5.32 Å². The Morgan fingerprint density at radius 2 is 1.79 bits per heavy atom. The zero-order valence-electron chi connectivity index (χ0n) is 10.9. The van der Waals surface area contributed by atoms with Gasteiger partial charge in [-0.3, -0.25) is 4.79 Å². The van der Waals surface area contributed by atoms with E-state index in [4.69, 9.17) is 11.6 Å². The minimum absolute atomic E-state index is 0.128. The molecule has 0 atom stereocenters. The molecule has 0 aromatic heterocycles. The molecule has 1 rings (SSSR count). The molecule has 0 saturated heterocycles. The first-order valence-electron chi connectivity index (χ1n) is 6.12. The Hall–Kier alpha value is -1.07. The standard InChI is InChI=1S/C13H18ClNO3S/c1-11(16)15-12-5-7-13(8-6-12)19(17,18)10-4-2-3-9-14/h5-8H,2-4,9-10H2,1H3,(H,15,16). The van der Waals surface area contributed by atoms with Crippen LogP contribution in [0.25, 0.3) is 0 Å². The molecule has 0 radical (unpaired) electrons. The van der Waals surface area contributed by atoms with Gasteiger partial charge in [0.25, 0.3) is 0 Å². The Balaban J connectivity index is 2.65. The van der Waals surface area contributed by atoms with Crippen molar-refractivity contribution >= 4 is 33.0 Å². The van der Waals surface area contributed by atoms with Crippen LogP contribution in [0.5, 0.6) is 0 Å². The second-order valence-corrected chi connectivity index (χ2v) is 6.76. The summed E-state index contributed by atoms with van der Waals surface area (Å²) in [5.41, 5.74) is 0.591. The first-order chi connectivity index (χ1) is 8.95. The summed E-state index contributed by atoms with van der Waals surface area (Å²) in [6.45, 7) is 1.40. The molecule has 0 bridgehead atoms. The summed E-state index contributed by atoms with van der Waals surface area (Å²) in [6, 6.07) is 6.21. The van der Waals surface area contributed by atoms with Crippen LogP contribution in [0.2, 0.25) is 0 Å². The third kappa shape index (κ3) is 5.61. The first kappa shape index (κ1) is 16.0. The monoisotopic (exact) mass is 303 g/mol. The average Bonchev–Trinajstić information content (AvgIpc) is 2.35. The van der Waals surface area contributed by atoms with Crippen LogP contribution in [-0.4, -0.2) is 26.0 Å². The second-order valence-electron chi connectivity index (χ2n) is 4.27. The van der Waals surface area contributed by atoms with Crippen LogP contribution in [0.15, 0.2) is 29.2 Å². The van der Waals surface area contributed by atoms with Gasteiger partial charge in [0.05, 0.1) is 10.6 Å². The normalized spacial score (nSPS) is 11.3. The van der Waals surface area contributed by atoms with Crippen LogP contribution in [0.3, 0.4) is 0 Å². The van der Waals surface area contributed by atoms with Crippen LogP contribution in [-0.2, 0) is 14.6 Å². The molecule has 4 nitrogen and oxygen atoms in total. The molecular weight excluding hydrogens is 286 g/mol. The second kappa shape index (κ2) is 7.50. The Kier molecular flexibility index (Phi) is 6.31. The van der Waals surface area contributed by atoms with Crippen LogP contribution in [0, 0.1) is 0 Å². The van der Waals surface area contributed by atoms with Crippen molar-refractivity contribution in [3.63, 3.8) is 0 Å². The van der Waals surface area contributed by atoms with Crippen molar-refractivity contribution < 1.29 is 13.2 Å². The number of halogens is 1. The summed E-state index contributed by atoms with van der Waals surface area (Å²) in [5, 5.41) is 2.59. The highest BCUT2D eigenvalue weighted by molar-refractivity contribution is 7.91. The lowest BCUT2D eigenvalue weighted by atomic mass is 10.3. The van der Waals surface area contributed by atoms with E-state index < -0.39 is 9.84 Å². The molecular formula is C13H18ClNO3S. The fraction of sp³-hybridized carbons (Fsp3) is 0.462. The first-order valence-corrected chi connectivity index (χ1v) is 8.31. The van der Waals surface area contributed by atoms with Crippen molar-refractivity contribution in [2.24, 2.45) is 0 Å². The van der Waals surface area contributed by atoms with E-state index in [0.717, 1.165) is 12.8 Å². The number of anilines is 1. The zero-order chi connectivity index (χ0) is 14.3. The minimum Gasteiger partial charge on any atom is -0.326 e. The van der Waals surface area contributed by atoms with E-state index in [1.54, 1.807) is 12.1 Å². The van der Waals surface area contributed by atoms with E-state index in [-0.39, 0.29) is 16.6 Å². The molecule has 6 heteroatoms. The van der Waals surface area contributed by atoms with Crippen molar-refractivity contribution in [3.8, 4) is 0 Å². The van der Waals surface area contributed by atoms with Gasteiger partial charge in [-0.25, -0.2) is 8.42 Å². The lowest BCUT2D eigenvalue weighted by Gasteiger charge is -2.06. The molecule has 1 N–H and O–H groups in total. The largest absolute Gasteiger partial charge is 0.326 e. The molecule has 1 amide bonds. The van der Waals surface area contributed by atoms with E-state index in [2.05, 4.69) is 5.32 Å². The molecule has 0 unspecified atom stereocenters. The van der Waals surface area contributed by atoms with Gasteiger partial charge in [-0.2, -0.15) is 0 Å². The number of hydrogen-bond donors (Lipinski definition) is 1. The minimum atomic E-state index is -3.24. The van der Waals surface area contributed by atoms with Crippen LogP contribution in [0.1, 0.15) is 26.2 Å². The molecule has 106 valence electrons. The van der Waals surface area contributed by atoms with Gasteiger partial charge in [-0.1, -0.05) is 6.42 Å². The lowest BCUT2D eigenvalue weighted by Crippen LogP contribution is -2.08. The molecule has 0 spiro atoms. The van der Waals surface area contributed by atoms with Gasteiger partial charge in [-0.05, 0) is 37.1 Å². The van der Waals surface area contributed by atoms with Gasteiger partial charge in [0.1, 0.15) is 0 Å². The molecule has 19 heavy (non-hydrogen) atoms. The summed E-state index contributed by atoms with van der Waals surface area (Å²) in [4.78, 5) is 11.1. The van der Waals surface area contributed by atoms with Crippen LogP contribution in [0.4, 0.5) is 5.69 Å². The summed E-state index contributed by atoms with van der Waals surface area (Å²) >= 11 is 5.54. The maximum atomic E-state index is 12.0. The van der Waals surface area contributed by atoms with Crippen molar-refractivity contribution in [1.29, 1.82) is 0 Å². The van der Waals surface area contributed by atoms with Crippen molar-refractivity contribution in [2.45, 2.75) is 31.1 Å². The molecule has 0 heterocycles. The fourth-order valence-electron chi connectivity index (χ4n) is 1.63. The quantitative estimate of drug-likeness (QED) is 0.622. The number of amides is 1. The number of sulfone groups is 1. The van der Waals surface area contributed by atoms with E-state index in [1.165, 1.54) is 19.1 Å². The predicted molar refractivity (Wildman–Crippen MR) is 77.4 cm³/mol. The van der Waals surface area contributed by atoms with Gasteiger partial charge < -0.3 is 5.32 Å². The molecule has 0 aliphatic rings. The zero-order valence-corrected chi connectivity index (χ0v) is 12.4. The number of carbonyl (C=O) groups is 1. The van der Waals surface area contributed by atoms with E-state index in [9.17, 15) is 13.2 Å². The van der Waals surface area contributed by atoms with Crippen molar-refractivity contribution in [3.05, 3.63) is 24.3 Å². The highest BCUT2D eigenvalue weighted by atomic mass is 35.5. The SMILES string of the molecule is CC(=O)Nc1ccc(S(=O)(=O)CCCCCCl)cc1. The Labute approximate surface area is 119 Å². The number of nitrogens with one attached hydrogen (secondary N) is 1. The predicted octanol–water partition coefficient (Wildman–Crippen LogP) is 2.83. The maximum absolute atomic E-state index is 12.0. The highest BCUT2D eigenvalue weighted by Gasteiger charge is 2.13. The van der Waals surface area contributed by atoms with E-state index >= 15 is 0 Å². The fourth-order valence-corrected chi connectivity index (χ4v) is 3.19. The van der Waals surface area contributed by atoms with Crippen LogP contribution >= 0.6 is 11.6 Å². The molecule has 0 fully saturated rings. The summed E-state index contributed by atoms with van der Waals surface area (Å²) < 4.78 is 24.0. The van der Waals surface area contributed by atoms with E-state index in [1.807, 2.05) is 0 Å². The van der Waals surface area contributed by atoms with Crippen molar-refractivity contribution in [1.82, 2.24) is 0 Å². The summed E-state index contributed by atoms with van der Waals surface area (Å²) in [5.74, 6) is 0.506. The van der Waals surface area contributed by atoms with Gasteiger partial charge in [0.15, 0.2) is 9.84 Å². The summed E-state index contributed by atoms with van der Waals surface area (Å²) in [6.07, 6.45) is 2.26. The smallest absolute Gasteiger partial charge is 0.221 e. The number of unbranched alkanes of at least 4 members (excludes halogenated alkanes) is 2. The third-order valence-electron chi connectivity index (χ3n) is 2.58. The van der Waals surface area contributed by atoms with Gasteiger partial charge in [0, 0.05) is 18.5 Å². The molecule has 0 aliphatic carbocycles. The highest BCUT2D eigenvalue weighted by Crippen LogP contribution is 2.16. The number of alkyl halides is 1. The molecule has 0 aliphatic heterocycles. The van der Waals surface area contributed by atoms with Gasteiger partial charge in [-0.15, -0.1) is 11.6 Å². The maximum Gasteiger partial charge on any atom is 0.221 e.